The van der Waals surface area contributed by atoms with Gasteiger partial charge in [0.15, 0.2) is 4.73 Å². The zero-order valence-electron chi connectivity index (χ0n) is 5.03. The van der Waals surface area contributed by atoms with Crippen molar-refractivity contribution in [3.05, 3.63) is 19.5 Å². The van der Waals surface area contributed by atoms with Crippen LogP contribution in [-0.4, -0.2) is 9.97 Å². The van der Waals surface area contributed by atoms with Gasteiger partial charge in [0.2, 0.25) is 0 Å². The van der Waals surface area contributed by atoms with Gasteiger partial charge in [-0.15, -0.1) is 0 Å². The van der Waals surface area contributed by atoms with E-state index in [2.05, 4.69) is 57.8 Å². The Morgan fingerprint density at radius 2 is 1.40 bits per heavy atom. The topological polar surface area (TPSA) is 25.8 Å². The molecule has 0 aliphatic carbocycles. The smallest absolute Gasteiger partial charge is 0.198 e. The third-order valence-corrected chi connectivity index (χ3v) is 2.90. The molecule has 2 nitrogen and oxygen atoms in total. The van der Waals surface area contributed by atoms with Gasteiger partial charge < -0.3 is 0 Å². The first-order valence-electron chi connectivity index (χ1n) is 2.46. The lowest BCUT2D eigenvalue weighted by molar-refractivity contribution is 1.03. The Kier molecular flexibility index (Phi) is 2.82. The van der Waals surface area contributed by atoms with Crippen LogP contribution < -0.4 is 0 Å². The highest BCUT2D eigenvalue weighted by Crippen LogP contribution is 2.22. The van der Waals surface area contributed by atoms with E-state index in [1.165, 1.54) is 0 Å². The highest BCUT2D eigenvalue weighted by atomic mass is 79.9. The van der Waals surface area contributed by atoms with Crippen molar-refractivity contribution in [3.8, 4) is 0 Å². The van der Waals surface area contributed by atoms with Crippen LogP contribution in [-0.2, 0) is 0 Å². The van der Waals surface area contributed by atoms with Crippen molar-refractivity contribution in [1.29, 1.82) is 0 Å². The van der Waals surface area contributed by atoms with Gasteiger partial charge in [0.05, 0.1) is 0 Å². The fourth-order valence-electron chi connectivity index (χ4n) is 0.440. The zero-order chi connectivity index (χ0) is 7.72. The van der Waals surface area contributed by atoms with Crippen LogP contribution in [0.3, 0.4) is 0 Å². The molecule has 0 radical (unpaired) electrons. The fraction of sp³-hybridized carbons (Fsp3) is 0.200. The van der Waals surface area contributed by atoms with Crippen LogP contribution in [0.25, 0.3) is 0 Å². The zero-order valence-corrected chi connectivity index (χ0v) is 9.79. The van der Waals surface area contributed by atoms with Gasteiger partial charge in [0.25, 0.3) is 0 Å². The molecule has 1 heterocycles. The second-order valence-electron chi connectivity index (χ2n) is 1.70. The number of hydrogen-bond acceptors (Lipinski definition) is 2. The van der Waals surface area contributed by atoms with E-state index in [9.17, 15) is 0 Å². The highest BCUT2D eigenvalue weighted by Gasteiger charge is 2.03. The van der Waals surface area contributed by atoms with Crippen LogP contribution in [0.4, 0.5) is 0 Å². The summed E-state index contributed by atoms with van der Waals surface area (Å²) in [7, 11) is 0. The predicted octanol–water partition coefficient (Wildman–Crippen LogP) is 3.07. The minimum Gasteiger partial charge on any atom is -0.215 e. The van der Waals surface area contributed by atoms with Crippen LogP contribution in [0.15, 0.2) is 13.9 Å². The Labute approximate surface area is 83.8 Å². The molecular weight excluding hydrogens is 328 g/mol. The lowest BCUT2D eigenvalue weighted by Gasteiger charge is -1.98. The third-order valence-electron chi connectivity index (χ3n) is 1.000. The number of nitrogens with zero attached hydrogens (tertiary/aromatic N) is 2. The molecule has 0 fully saturated rings. The molecule has 0 bridgehead atoms. The standard InChI is InChI=1S/C5H3Br3N2/c1-2-3(6)9-5(8)10-4(2)7/h1H3. The monoisotopic (exact) mass is 328 g/mol. The quantitative estimate of drug-likeness (QED) is 0.539. The summed E-state index contributed by atoms with van der Waals surface area (Å²) >= 11 is 9.74. The number of hydrogen-bond donors (Lipinski definition) is 0. The molecule has 0 N–H and O–H groups in total. The summed E-state index contributed by atoms with van der Waals surface area (Å²) in [6.07, 6.45) is 0. The molecule has 0 aliphatic heterocycles. The fourth-order valence-corrected chi connectivity index (χ4v) is 2.25. The normalized spacial score (nSPS) is 10.0. The van der Waals surface area contributed by atoms with Crippen LogP contribution in [0.5, 0.6) is 0 Å². The van der Waals surface area contributed by atoms with E-state index in [0.717, 1.165) is 14.8 Å². The van der Waals surface area contributed by atoms with Gasteiger partial charge in [-0.2, -0.15) is 0 Å². The van der Waals surface area contributed by atoms with Crippen LogP contribution in [0, 0.1) is 6.92 Å². The van der Waals surface area contributed by atoms with Gasteiger partial charge in [0, 0.05) is 5.56 Å². The van der Waals surface area contributed by atoms with E-state index >= 15 is 0 Å². The molecule has 0 aromatic carbocycles. The van der Waals surface area contributed by atoms with E-state index < -0.39 is 0 Å². The van der Waals surface area contributed by atoms with E-state index in [4.69, 9.17) is 0 Å². The van der Waals surface area contributed by atoms with Crippen molar-refractivity contribution < 1.29 is 0 Å². The summed E-state index contributed by atoms with van der Waals surface area (Å²) in [5.41, 5.74) is 1.00. The first-order valence-corrected chi connectivity index (χ1v) is 4.84. The number of halogens is 3. The molecular formula is C5H3Br3N2. The molecule has 5 heteroatoms. The molecule has 1 rings (SSSR count). The van der Waals surface area contributed by atoms with Gasteiger partial charge in [-0.05, 0) is 54.7 Å². The number of rotatable bonds is 0. The van der Waals surface area contributed by atoms with Gasteiger partial charge in [0.1, 0.15) is 9.21 Å². The maximum Gasteiger partial charge on any atom is 0.198 e. The van der Waals surface area contributed by atoms with Crippen molar-refractivity contribution in [2.45, 2.75) is 6.92 Å². The average Bonchev–Trinajstić information content (AvgIpc) is 1.82. The van der Waals surface area contributed by atoms with E-state index in [1.807, 2.05) is 6.92 Å². The first-order chi connectivity index (χ1) is 4.61. The molecule has 0 saturated heterocycles. The van der Waals surface area contributed by atoms with E-state index in [-0.39, 0.29) is 0 Å². The average molecular weight is 331 g/mol. The van der Waals surface area contributed by atoms with Crippen LogP contribution >= 0.6 is 47.8 Å². The summed E-state index contributed by atoms with van der Waals surface area (Å²) in [6.45, 7) is 1.93. The Morgan fingerprint density at radius 3 is 1.80 bits per heavy atom. The van der Waals surface area contributed by atoms with E-state index in [0.29, 0.717) is 4.73 Å². The van der Waals surface area contributed by atoms with Gasteiger partial charge in [-0.1, -0.05) is 0 Å². The van der Waals surface area contributed by atoms with Gasteiger partial charge in [-0.25, -0.2) is 9.97 Å². The van der Waals surface area contributed by atoms with Crippen molar-refractivity contribution in [3.63, 3.8) is 0 Å². The lowest BCUT2D eigenvalue weighted by atomic mass is 10.4. The Bertz CT molecular complexity index is 238. The van der Waals surface area contributed by atoms with Gasteiger partial charge >= 0.3 is 0 Å². The lowest BCUT2D eigenvalue weighted by Crippen LogP contribution is -1.89. The minimum atomic E-state index is 0.580. The minimum absolute atomic E-state index is 0.580. The van der Waals surface area contributed by atoms with Crippen molar-refractivity contribution in [1.82, 2.24) is 9.97 Å². The summed E-state index contributed by atoms with van der Waals surface area (Å²) in [5, 5.41) is 0. The molecule has 1 aromatic rings. The number of aromatic nitrogens is 2. The maximum absolute atomic E-state index is 4.03. The Hall–Kier alpha value is 0.520. The molecule has 10 heavy (non-hydrogen) atoms. The molecule has 0 aliphatic rings. The summed E-state index contributed by atoms with van der Waals surface area (Å²) in [5.74, 6) is 0. The van der Waals surface area contributed by atoms with Gasteiger partial charge in [-0.3, -0.25) is 0 Å². The molecule has 0 saturated carbocycles. The Morgan fingerprint density at radius 1 is 1.00 bits per heavy atom. The molecule has 0 amide bonds. The molecule has 1 aromatic heterocycles. The van der Waals surface area contributed by atoms with Crippen LogP contribution in [0.1, 0.15) is 5.56 Å². The van der Waals surface area contributed by atoms with E-state index in [1.54, 1.807) is 0 Å². The molecule has 54 valence electrons. The molecule has 0 spiro atoms. The van der Waals surface area contributed by atoms with Crippen LogP contribution in [0.2, 0.25) is 0 Å². The second-order valence-corrected chi connectivity index (χ2v) is 3.91. The molecule has 0 unspecified atom stereocenters. The highest BCUT2D eigenvalue weighted by molar-refractivity contribution is 9.11. The second kappa shape index (κ2) is 3.28. The SMILES string of the molecule is Cc1c(Br)nc(Br)nc1Br. The maximum atomic E-state index is 4.03. The molecule has 0 atom stereocenters. The largest absolute Gasteiger partial charge is 0.215 e. The summed E-state index contributed by atoms with van der Waals surface area (Å²) in [4.78, 5) is 8.05. The predicted molar refractivity (Wildman–Crippen MR) is 49.9 cm³/mol. The third kappa shape index (κ3) is 1.77. The van der Waals surface area contributed by atoms with Crippen molar-refractivity contribution in [2.75, 3.05) is 0 Å². The Balaban J connectivity index is 3.31. The van der Waals surface area contributed by atoms with Crippen molar-refractivity contribution in [2.24, 2.45) is 0 Å². The summed E-state index contributed by atoms with van der Waals surface area (Å²) in [6, 6.07) is 0. The summed E-state index contributed by atoms with van der Waals surface area (Å²) < 4.78 is 2.19. The van der Waals surface area contributed by atoms with Crippen molar-refractivity contribution >= 4 is 47.8 Å². The first kappa shape index (κ1) is 8.62.